The van der Waals surface area contributed by atoms with Crippen molar-refractivity contribution in [2.75, 3.05) is 12.3 Å². The number of esters is 1. The molecule has 0 saturated carbocycles. The second-order valence-corrected chi connectivity index (χ2v) is 7.55. The van der Waals surface area contributed by atoms with Crippen LogP contribution in [0, 0.1) is 5.82 Å². The number of halogens is 1. The summed E-state index contributed by atoms with van der Waals surface area (Å²) >= 11 is 0. The van der Waals surface area contributed by atoms with Crippen LogP contribution in [0.2, 0.25) is 0 Å². The SMILES string of the molecule is CCS(=O)c1ccccc1C(=O)OC(C)C(=O)NCCc1ccc(F)cc1. The largest absolute Gasteiger partial charge is 0.449 e. The summed E-state index contributed by atoms with van der Waals surface area (Å²) in [5.74, 6) is -1.05. The average Bonchev–Trinajstić information content (AvgIpc) is 2.68. The summed E-state index contributed by atoms with van der Waals surface area (Å²) in [7, 11) is -1.30. The first-order valence-corrected chi connectivity index (χ1v) is 9.94. The number of hydrogen-bond donors (Lipinski definition) is 1. The maximum Gasteiger partial charge on any atom is 0.340 e. The standard InChI is InChI=1S/C20H22FNO4S/c1-3-27(25)18-7-5-4-6-17(18)20(24)26-14(2)19(23)22-13-12-15-8-10-16(21)11-9-15/h4-11,14H,3,12-13H2,1-2H3,(H,22,23). The van der Waals surface area contributed by atoms with Gasteiger partial charge in [0.15, 0.2) is 6.10 Å². The molecule has 0 aromatic heterocycles. The van der Waals surface area contributed by atoms with E-state index in [0.29, 0.717) is 23.6 Å². The molecule has 27 heavy (non-hydrogen) atoms. The third kappa shape index (κ3) is 5.99. The van der Waals surface area contributed by atoms with Gasteiger partial charge < -0.3 is 10.1 Å². The van der Waals surface area contributed by atoms with Crippen LogP contribution in [0.4, 0.5) is 4.39 Å². The zero-order valence-electron chi connectivity index (χ0n) is 15.2. The Hall–Kier alpha value is -2.54. The number of rotatable bonds is 8. The number of amides is 1. The van der Waals surface area contributed by atoms with Crippen LogP contribution in [-0.4, -0.2) is 34.5 Å². The van der Waals surface area contributed by atoms with Crippen molar-refractivity contribution in [3.63, 3.8) is 0 Å². The van der Waals surface area contributed by atoms with Crippen molar-refractivity contribution in [1.29, 1.82) is 0 Å². The second kappa shape index (κ2) is 9.97. The van der Waals surface area contributed by atoms with Gasteiger partial charge in [0.25, 0.3) is 5.91 Å². The van der Waals surface area contributed by atoms with Crippen LogP contribution < -0.4 is 5.32 Å². The molecule has 1 N–H and O–H groups in total. The topological polar surface area (TPSA) is 72.5 Å². The van der Waals surface area contributed by atoms with E-state index < -0.39 is 28.8 Å². The molecule has 0 radical (unpaired) electrons. The predicted molar refractivity (Wildman–Crippen MR) is 101 cm³/mol. The van der Waals surface area contributed by atoms with Crippen LogP contribution in [0.15, 0.2) is 53.4 Å². The molecule has 0 heterocycles. The van der Waals surface area contributed by atoms with Gasteiger partial charge >= 0.3 is 5.97 Å². The predicted octanol–water partition coefficient (Wildman–Crippen LogP) is 2.86. The van der Waals surface area contributed by atoms with Gasteiger partial charge in [0.05, 0.1) is 21.3 Å². The molecular weight excluding hydrogens is 369 g/mol. The van der Waals surface area contributed by atoms with E-state index in [0.717, 1.165) is 5.56 Å². The Balaban J connectivity index is 1.89. The highest BCUT2D eigenvalue weighted by Gasteiger charge is 2.21. The summed E-state index contributed by atoms with van der Waals surface area (Å²) in [6.07, 6.45) is -0.459. The molecule has 144 valence electrons. The Kier molecular flexibility index (Phi) is 7.67. The molecule has 0 bridgehead atoms. The zero-order chi connectivity index (χ0) is 19.8. The minimum Gasteiger partial charge on any atom is -0.449 e. The molecule has 2 aromatic carbocycles. The van der Waals surface area contributed by atoms with E-state index in [1.165, 1.54) is 25.1 Å². The number of benzene rings is 2. The Morgan fingerprint density at radius 3 is 2.48 bits per heavy atom. The van der Waals surface area contributed by atoms with E-state index in [2.05, 4.69) is 5.32 Å². The number of nitrogens with one attached hydrogen (secondary N) is 1. The fraction of sp³-hybridized carbons (Fsp3) is 0.300. The monoisotopic (exact) mass is 391 g/mol. The van der Waals surface area contributed by atoms with Gasteiger partial charge in [0, 0.05) is 12.3 Å². The van der Waals surface area contributed by atoms with Crippen LogP contribution in [0.25, 0.3) is 0 Å². The first-order chi connectivity index (χ1) is 12.9. The highest BCUT2D eigenvalue weighted by atomic mass is 32.2. The van der Waals surface area contributed by atoms with Crippen LogP contribution in [0.1, 0.15) is 29.8 Å². The van der Waals surface area contributed by atoms with E-state index in [-0.39, 0.29) is 11.4 Å². The third-order valence-electron chi connectivity index (χ3n) is 3.89. The molecule has 0 aliphatic heterocycles. The Morgan fingerprint density at radius 1 is 1.15 bits per heavy atom. The van der Waals surface area contributed by atoms with Crippen LogP contribution in [-0.2, 0) is 26.8 Å². The second-order valence-electron chi connectivity index (χ2n) is 5.85. The van der Waals surface area contributed by atoms with E-state index >= 15 is 0 Å². The fourth-order valence-electron chi connectivity index (χ4n) is 2.39. The number of ether oxygens (including phenoxy) is 1. The zero-order valence-corrected chi connectivity index (χ0v) is 16.1. The fourth-order valence-corrected chi connectivity index (χ4v) is 3.33. The number of carbonyl (C=O) groups excluding carboxylic acids is 2. The maximum atomic E-state index is 12.9. The van der Waals surface area contributed by atoms with Crippen molar-refractivity contribution in [3.05, 3.63) is 65.5 Å². The average molecular weight is 391 g/mol. The van der Waals surface area contributed by atoms with Gasteiger partial charge in [-0.25, -0.2) is 9.18 Å². The molecule has 1 amide bonds. The van der Waals surface area contributed by atoms with E-state index in [1.807, 2.05) is 0 Å². The molecule has 7 heteroatoms. The lowest BCUT2D eigenvalue weighted by atomic mass is 10.1. The van der Waals surface area contributed by atoms with Crippen molar-refractivity contribution in [2.45, 2.75) is 31.3 Å². The molecule has 2 atom stereocenters. The summed E-state index contributed by atoms with van der Waals surface area (Å²) in [5, 5.41) is 2.68. The molecule has 0 saturated heterocycles. The van der Waals surface area contributed by atoms with E-state index in [9.17, 15) is 18.2 Å². The minimum absolute atomic E-state index is 0.198. The lowest BCUT2D eigenvalue weighted by Crippen LogP contribution is -2.37. The summed E-state index contributed by atoms with van der Waals surface area (Å²) in [6.45, 7) is 3.57. The number of hydrogen-bond acceptors (Lipinski definition) is 4. The quantitative estimate of drug-likeness (QED) is 0.703. The van der Waals surface area contributed by atoms with Crippen molar-refractivity contribution in [2.24, 2.45) is 0 Å². The molecule has 0 spiro atoms. The Labute approximate surface area is 160 Å². The molecule has 0 aliphatic carbocycles. The summed E-state index contributed by atoms with van der Waals surface area (Å²) in [5.41, 5.74) is 1.08. The van der Waals surface area contributed by atoms with Crippen LogP contribution >= 0.6 is 0 Å². The first-order valence-electron chi connectivity index (χ1n) is 8.63. The lowest BCUT2D eigenvalue weighted by Gasteiger charge is -2.15. The maximum absolute atomic E-state index is 12.9. The highest BCUT2D eigenvalue weighted by Crippen LogP contribution is 2.16. The van der Waals surface area contributed by atoms with Gasteiger partial charge in [0.1, 0.15) is 5.82 Å². The first kappa shape index (κ1) is 20.8. The molecule has 2 unspecified atom stereocenters. The van der Waals surface area contributed by atoms with Gasteiger partial charge in [-0.15, -0.1) is 0 Å². The van der Waals surface area contributed by atoms with Crippen LogP contribution in [0.5, 0.6) is 0 Å². The van der Waals surface area contributed by atoms with Gasteiger partial charge in [-0.3, -0.25) is 9.00 Å². The summed E-state index contributed by atoms with van der Waals surface area (Å²) in [6, 6.07) is 12.5. The van der Waals surface area contributed by atoms with Crippen molar-refractivity contribution in [1.82, 2.24) is 5.32 Å². The Bertz CT molecular complexity index is 823. The summed E-state index contributed by atoms with van der Waals surface area (Å²) < 4.78 is 30.1. The molecule has 2 aromatic rings. The van der Waals surface area contributed by atoms with Crippen molar-refractivity contribution < 1.29 is 22.9 Å². The van der Waals surface area contributed by atoms with Crippen molar-refractivity contribution >= 4 is 22.7 Å². The van der Waals surface area contributed by atoms with Gasteiger partial charge in [-0.2, -0.15) is 0 Å². The minimum atomic E-state index is -1.30. The molecule has 0 aliphatic rings. The van der Waals surface area contributed by atoms with Crippen molar-refractivity contribution in [3.8, 4) is 0 Å². The summed E-state index contributed by atoms with van der Waals surface area (Å²) in [4.78, 5) is 24.9. The van der Waals surface area contributed by atoms with E-state index in [4.69, 9.17) is 4.74 Å². The molecular formula is C20H22FNO4S. The normalized spacial score (nSPS) is 12.9. The molecule has 5 nitrogen and oxygen atoms in total. The van der Waals surface area contributed by atoms with Gasteiger partial charge in [-0.05, 0) is 43.2 Å². The molecule has 2 rings (SSSR count). The van der Waals surface area contributed by atoms with Crippen LogP contribution in [0.3, 0.4) is 0 Å². The highest BCUT2D eigenvalue weighted by molar-refractivity contribution is 7.85. The number of carbonyl (C=O) groups is 2. The lowest BCUT2D eigenvalue weighted by molar-refractivity contribution is -0.129. The van der Waals surface area contributed by atoms with Gasteiger partial charge in [0.2, 0.25) is 0 Å². The Morgan fingerprint density at radius 2 is 1.81 bits per heavy atom. The van der Waals surface area contributed by atoms with E-state index in [1.54, 1.807) is 37.3 Å². The molecule has 0 fully saturated rings. The van der Waals surface area contributed by atoms with Gasteiger partial charge in [-0.1, -0.05) is 31.2 Å². The smallest absolute Gasteiger partial charge is 0.340 e. The third-order valence-corrected chi connectivity index (χ3v) is 5.26.